The minimum atomic E-state index is -0.983. The highest BCUT2D eigenvalue weighted by atomic mass is 16.3. The number of nitrogens with one attached hydrogen (secondary N) is 1. The van der Waals surface area contributed by atoms with Crippen LogP contribution in [0.5, 0.6) is 0 Å². The van der Waals surface area contributed by atoms with Gasteiger partial charge in [0.05, 0.1) is 17.5 Å². The van der Waals surface area contributed by atoms with Crippen molar-refractivity contribution in [1.82, 2.24) is 25.2 Å². The highest BCUT2D eigenvalue weighted by molar-refractivity contribution is 5.93. The van der Waals surface area contributed by atoms with Crippen molar-refractivity contribution in [1.29, 1.82) is 0 Å². The van der Waals surface area contributed by atoms with Gasteiger partial charge in [0.2, 0.25) is 17.7 Å². The summed E-state index contributed by atoms with van der Waals surface area (Å²) in [5.74, 6) is -1.56. The zero-order valence-electron chi connectivity index (χ0n) is 23.7. The maximum Gasteiger partial charge on any atom is 0.248 e. The Kier molecular flexibility index (Phi) is 8.39. The van der Waals surface area contributed by atoms with Crippen molar-refractivity contribution in [3.63, 3.8) is 0 Å². The Balaban J connectivity index is 1.51. The van der Waals surface area contributed by atoms with Crippen LogP contribution in [-0.4, -0.2) is 67.5 Å². The van der Waals surface area contributed by atoms with E-state index in [1.165, 1.54) is 4.90 Å². The second kappa shape index (κ2) is 11.6. The number of aliphatic hydroxyl groups excluding tert-OH is 1. The van der Waals surface area contributed by atoms with Crippen molar-refractivity contribution in [3.8, 4) is 11.1 Å². The zero-order chi connectivity index (χ0) is 29.2. The second-order valence-electron chi connectivity index (χ2n) is 11.6. The molecule has 2 heterocycles. The molecule has 212 valence electrons. The minimum absolute atomic E-state index is 0.00157. The van der Waals surface area contributed by atoms with Crippen molar-refractivity contribution in [2.24, 2.45) is 11.1 Å². The third kappa shape index (κ3) is 6.22. The molecule has 3 amide bonds. The van der Waals surface area contributed by atoms with Crippen LogP contribution in [0.2, 0.25) is 0 Å². The van der Waals surface area contributed by atoms with Crippen LogP contribution < -0.4 is 11.1 Å². The Hall–Kier alpha value is -4.05. The largest absolute Gasteiger partial charge is 0.391 e. The summed E-state index contributed by atoms with van der Waals surface area (Å²) in [6, 6.07) is 14.9. The maximum absolute atomic E-state index is 13.9. The van der Waals surface area contributed by atoms with Gasteiger partial charge >= 0.3 is 0 Å². The van der Waals surface area contributed by atoms with Crippen LogP contribution >= 0.6 is 0 Å². The topological polar surface area (TPSA) is 143 Å². The summed E-state index contributed by atoms with van der Waals surface area (Å²) in [6.07, 6.45) is -0.626. The molecule has 0 radical (unpaired) electrons. The average molecular weight is 547 g/mol. The molecule has 1 aliphatic heterocycles. The fraction of sp³-hybridized carbons (Fsp3) is 0.433. The maximum atomic E-state index is 13.9. The first-order valence-electron chi connectivity index (χ1n) is 13.5. The third-order valence-electron chi connectivity index (χ3n) is 7.48. The van der Waals surface area contributed by atoms with Crippen LogP contribution in [0.25, 0.3) is 11.1 Å². The van der Waals surface area contributed by atoms with Gasteiger partial charge in [-0.05, 0) is 36.0 Å². The summed E-state index contributed by atoms with van der Waals surface area (Å²) in [6.45, 7) is 9.41. The summed E-state index contributed by atoms with van der Waals surface area (Å²) >= 11 is 0. The number of hydrogen-bond donors (Lipinski definition) is 3. The lowest BCUT2D eigenvalue weighted by atomic mass is 9.85. The second-order valence-corrected chi connectivity index (χ2v) is 11.6. The molecule has 2 unspecified atom stereocenters. The number of aliphatic hydroxyl groups is 1. The number of hydrogen-bond acceptors (Lipinski definition) is 6. The average Bonchev–Trinajstić information content (AvgIpc) is 3.46. The molecule has 3 aromatic rings. The van der Waals surface area contributed by atoms with Crippen LogP contribution in [0.4, 0.5) is 0 Å². The Bertz CT molecular complexity index is 1360. The monoisotopic (exact) mass is 546 g/mol. The number of nitrogens with two attached hydrogens (primary N) is 1. The van der Waals surface area contributed by atoms with Gasteiger partial charge in [-0.3, -0.25) is 14.4 Å². The van der Waals surface area contributed by atoms with Gasteiger partial charge < -0.3 is 21.1 Å². The lowest BCUT2D eigenvalue weighted by Crippen LogP contribution is -2.54. The molecule has 4 rings (SSSR count). The van der Waals surface area contributed by atoms with Crippen molar-refractivity contribution < 1.29 is 19.5 Å². The number of amides is 3. The van der Waals surface area contributed by atoms with E-state index in [-0.39, 0.29) is 25.3 Å². The van der Waals surface area contributed by atoms with E-state index in [9.17, 15) is 19.5 Å². The summed E-state index contributed by atoms with van der Waals surface area (Å²) < 4.78 is 1.59. The number of aryl methyl sites for hydroxylation is 1. The van der Waals surface area contributed by atoms with E-state index < -0.39 is 41.5 Å². The van der Waals surface area contributed by atoms with Crippen LogP contribution in [0.1, 0.15) is 50.2 Å². The molecule has 40 heavy (non-hydrogen) atoms. The van der Waals surface area contributed by atoms with E-state index in [1.54, 1.807) is 4.68 Å². The summed E-state index contributed by atoms with van der Waals surface area (Å²) in [5, 5.41) is 21.5. The molecule has 1 fully saturated rings. The molecule has 2 aromatic carbocycles. The number of nitrogens with zero attached hydrogens (tertiary/aromatic N) is 4. The van der Waals surface area contributed by atoms with Crippen LogP contribution in [0.3, 0.4) is 0 Å². The molecule has 1 saturated heterocycles. The quantitative estimate of drug-likeness (QED) is 0.396. The van der Waals surface area contributed by atoms with E-state index in [2.05, 4.69) is 15.6 Å². The van der Waals surface area contributed by atoms with Crippen molar-refractivity contribution in [2.75, 3.05) is 6.54 Å². The zero-order valence-corrected chi connectivity index (χ0v) is 23.7. The first-order valence-corrected chi connectivity index (χ1v) is 13.5. The first-order chi connectivity index (χ1) is 18.9. The lowest BCUT2D eigenvalue weighted by Gasteiger charge is -2.35. The molecule has 4 atom stereocenters. The van der Waals surface area contributed by atoms with Gasteiger partial charge in [-0.1, -0.05) is 80.6 Å². The molecule has 0 saturated carbocycles. The van der Waals surface area contributed by atoms with Crippen LogP contribution in [-0.2, 0) is 20.8 Å². The molecule has 10 nitrogen and oxygen atoms in total. The Morgan fingerprint density at radius 2 is 1.68 bits per heavy atom. The van der Waals surface area contributed by atoms with Crippen LogP contribution in [0, 0.1) is 19.3 Å². The van der Waals surface area contributed by atoms with E-state index >= 15 is 0 Å². The number of benzene rings is 2. The molecule has 0 spiro atoms. The van der Waals surface area contributed by atoms with Crippen molar-refractivity contribution in [2.45, 2.75) is 71.7 Å². The number of carbonyl (C=O) groups is 3. The van der Waals surface area contributed by atoms with Crippen molar-refractivity contribution >= 4 is 17.7 Å². The number of β-amino-alcohol motifs (C(OH)–C–C–N with tert-alkyl or cyclic N) is 1. The normalized spacial score (nSPS) is 18.8. The Morgan fingerprint density at radius 3 is 2.23 bits per heavy atom. The lowest BCUT2D eigenvalue weighted by molar-refractivity contribution is -0.144. The number of rotatable bonds is 8. The predicted molar refractivity (Wildman–Crippen MR) is 151 cm³/mol. The number of aromatic nitrogens is 3. The molecule has 10 heteroatoms. The summed E-state index contributed by atoms with van der Waals surface area (Å²) in [5.41, 5.74) is 9.50. The Labute approximate surface area is 234 Å². The molecule has 4 N–H and O–H groups in total. The number of carbonyl (C=O) groups excluding carboxylic acids is 3. The highest BCUT2D eigenvalue weighted by Crippen LogP contribution is 2.35. The Morgan fingerprint density at radius 1 is 1.05 bits per heavy atom. The summed E-state index contributed by atoms with van der Waals surface area (Å²) in [4.78, 5) is 41.1. The van der Waals surface area contributed by atoms with E-state index in [1.807, 2.05) is 89.2 Å². The predicted octanol–water partition coefficient (Wildman–Crippen LogP) is 2.32. The molecular weight excluding hydrogens is 508 g/mol. The fourth-order valence-corrected chi connectivity index (χ4v) is 5.16. The first kappa shape index (κ1) is 28.9. The standard InChI is InChI=1S/C30H38N6O4/c1-18-19(2)36(34-33-18)26(30(3,4)5)29(40)35-17-23(37)16-25(35)28(39)32-24(27(31)38)15-20-11-13-22(14-12-20)21-9-7-6-8-10-21/h6-14,23-26,37H,15-17H2,1-5H3,(H2,31,38)(H,32,39)/t23-,24?,25+,26?/m1/s1. The number of likely N-dealkylation sites (tertiary alicyclic amines) is 1. The van der Waals surface area contributed by atoms with Gasteiger partial charge in [0.25, 0.3) is 0 Å². The van der Waals surface area contributed by atoms with Gasteiger partial charge in [-0.15, -0.1) is 5.10 Å². The molecule has 0 bridgehead atoms. The summed E-state index contributed by atoms with van der Waals surface area (Å²) in [7, 11) is 0. The van der Waals surface area contributed by atoms with Gasteiger partial charge in [0, 0.05) is 19.4 Å². The van der Waals surface area contributed by atoms with Gasteiger partial charge in [0.1, 0.15) is 18.1 Å². The molecule has 1 aliphatic rings. The van der Waals surface area contributed by atoms with Gasteiger partial charge in [-0.2, -0.15) is 0 Å². The minimum Gasteiger partial charge on any atom is -0.391 e. The molecule has 0 aliphatic carbocycles. The van der Waals surface area contributed by atoms with E-state index in [0.29, 0.717) is 5.69 Å². The fourth-order valence-electron chi connectivity index (χ4n) is 5.16. The van der Waals surface area contributed by atoms with E-state index in [4.69, 9.17) is 5.73 Å². The smallest absolute Gasteiger partial charge is 0.248 e. The van der Waals surface area contributed by atoms with Gasteiger partial charge in [-0.25, -0.2) is 4.68 Å². The van der Waals surface area contributed by atoms with Gasteiger partial charge in [0.15, 0.2) is 0 Å². The highest BCUT2D eigenvalue weighted by Gasteiger charge is 2.46. The third-order valence-corrected chi connectivity index (χ3v) is 7.48. The molecular formula is C30H38N6O4. The van der Waals surface area contributed by atoms with Crippen molar-refractivity contribution in [3.05, 3.63) is 71.5 Å². The molecule has 1 aromatic heterocycles. The van der Waals surface area contributed by atoms with E-state index in [0.717, 1.165) is 22.4 Å². The number of primary amides is 1. The SMILES string of the molecule is Cc1nnn(C(C(=O)N2C[C@H](O)C[C@H]2C(=O)NC(Cc2ccc(-c3ccccc3)cc2)C(N)=O)C(C)(C)C)c1C. The van der Waals surface area contributed by atoms with Crippen LogP contribution in [0.15, 0.2) is 54.6 Å².